The van der Waals surface area contributed by atoms with Crippen LogP contribution in [-0.4, -0.2) is 5.91 Å². The molecule has 0 aliphatic carbocycles. The smallest absolute Gasteiger partial charge is 0.256 e. The van der Waals surface area contributed by atoms with Crippen LogP contribution in [0.4, 0.5) is 15.8 Å². The minimum atomic E-state index is -0.575. The molecule has 104 valence electrons. The fourth-order valence-electron chi connectivity index (χ4n) is 1.52. The number of benzene rings is 2. The van der Waals surface area contributed by atoms with Crippen molar-refractivity contribution >= 4 is 67.4 Å². The molecule has 0 saturated heterocycles. The van der Waals surface area contributed by atoms with Gasteiger partial charge in [-0.05, 0) is 68.9 Å². The Balaban J connectivity index is 2.31. The third-order valence-corrected chi connectivity index (χ3v) is 4.29. The van der Waals surface area contributed by atoms with E-state index in [0.717, 1.165) is 9.64 Å². The molecule has 1 amide bonds. The SMILES string of the molecule is Nc1cc(C(=O)Nc2ccc(Cl)cc2I)c(Br)cc1F. The minimum Gasteiger partial charge on any atom is -0.396 e. The molecule has 3 N–H and O–H groups in total. The average molecular weight is 469 g/mol. The predicted octanol–water partition coefficient (Wildman–Crippen LogP) is 4.68. The van der Waals surface area contributed by atoms with E-state index in [1.807, 2.05) is 0 Å². The van der Waals surface area contributed by atoms with E-state index in [9.17, 15) is 9.18 Å². The summed E-state index contributed by atoms with van der Waals surface area (Å²) in [5.74, 6) is -0.960. The Morgan fingerprint density at radius 3 is 2.70 bits per heavy atom. The average Bonchev–Trinajstić information content (AvgIpc) is 2.37. The second kappa shape index (κ2) is 6.28. The molecule has 0 heterocycles. The summed E-state index contributed by atoms with van der Waals surface area (Å²) < 4.78 is 14.4. The summed E-state index contributed by atoms with van der Waals surface area (Å²) in [6.07, 6.45) is 0. The second-order valence-electron chi connectivity index (χ2n) is 3.93. The number of carbonyl (C=O) groups excluding carboxylic acids is 1. The van der Waals surface area contributed by atoms with Crippen molar-refractivity contribution in [1.29, 1.82) is 0 Å². The van der Waals surface area contributed by atoms with E-state index in [4.69, 9.17) is 17.3 Å². The van der Waals surface area contributed by atoms with Gasteiger partial charge in [0.05, 0.1) is 16.9 Å². The molecule has 0 saturated carbocycles. The molecule has 0 atom stereocenters. The Bertz CT molecular complexity index is 696. The fraction of sp³-hybridized carbons (Fsp3) is 0. The number of nitrogens with two attached hydrogens (primary N) is 1. The first-order chi connectivity index (χ1) is 9.38. The van der Waals surface area contributed by atoms with E-state index < -0.39 is 5.82 Å². The number of hydrogen-bond donors (Lipinski definition) is 2. The van der Waals surface area contributed by atoms with Gasteiger partial charge < -0.3 is 11.1 Å². The van der Waals surface area contributed by atoms with E-state index in [1.165, 1.54) is 6.07 Å². The number of nitrogens with one attached hydrogen (secondary N) is 1. The van der Waals surface area contributed by atoms with Crippen LogP contribution >= 0.6 is 50.1 Å². The number of hydrogen-bond acceptors (Lipinski definition) is 2. The number of amides is 1. The van der Waals surface area contributed by atoms with Gasteiger partial charge in [-0.15, -0.1) is 0 Å². The molecule has 20 heavy (non-hydrogen) atoms. The van der Waals surface area contributed by atoms with Crippen molar-refractivity contribution in [2.45, 2.75) is 0 Å². The lowest BCUT2D eigenvalue weighted by molar-refractivity contribution is 0.102. The Labute approximate surface area is 142 Å². The molecule has 3 nitrogen and oxygen atoms in total. The Hall–Kier alpha value is -0.860. The molecule has 0 aliphatic rings. The predicted molar refractivity (Wildman–Crippen MR) is 90.6 cm³/mol. The van der Waals surface area contributed by atoms with Crippen LogP contribution in [0, 0.1) is 9.39 Å². The van der Waals surface area contributed by atoms with Gasteiger partial charge in [0.1, 0.15) is 5.82 Å². The van der Waals surface area contributed by atoms with Crippen LogP contribution in [0.5, 0.6) is 0 Å². The topological polar surface area (TPSA) is 55.1 Å². The summed E-state index contributed by atoms with van der Waals surface area (Å²) in [5, 5.41) is 3.31. The molecule has 0 aromatic heterocycles. The number of nitrogen functional groups attached to an aromatic ring is 1. The van der Waals surface area contributed by atoms with E-state index >= 15 is 0 Å². The number of anilines is 2. The molecule has 0 unspecified atom stereocenters. The van der Waals surface area contributed by atoms with Crippen LogP contribution in [0.3, 0.4) is 0 Å². The maximum atomic E-state index is 13.3. The zero-order valence-electron chi connectivity index (χ0n) is 9.88. The van der Waals surface area contributed by atoms with E-state index in [2.05, 4.69) is 43.8 Å². The van der Waals surface area contributed by atoms with Crippen LogP contribution in [-0.2, 0) is 0 Å². The van der Waals surface area contributed by atoms with Gasteiger partial charge in [0.2, 0.25) is 0 Å². The van der Waals surface area contributed by atoms with Crippen molar-refractivity contribution in [3.05, 3.63) is 54.8 Å². The summed E-state index contributed by atoms with van der Waals surface area (Å²) in [4.78, 5) is 12.2. The molecule has 0 spiro atoms. The normalized spacial score (nSPS) is 10.4. The third kappa shape index (κ3) is 3.42. The summed E-state index contributed by atoms with van der Waals surface area (Å²) in [5.41, 5.74) is 6.28. The van der Waals surface area contributed by atoms with Gasteiger partial charge in [0.15, 0.2) is 0 Å². The molecular weight excluding hydrogens is 461 g/mol. The molecule has 0 aliphatic heterocycles. The van der Waals surface area contributed by atoms with E-state index in [1.54, 1.807) is 18.2 Å². The largest absolute Gasteiger partial charge is 0.396 e. The van der Waals surface area contributed by atoms with Crippen LogP contribution in [0.1, 0.15) is 10.4 Å². The third-order valence-electron chi connectivity index (χ3n) is 2.51. The summed E-state index contributed by atoms with van der Waals surface area (Å²) >= 11 is 11.1. The van der Waals surface area contributed by atoms with Gasteiger partial charge in [0.25, 0.3) is 5.91 Å². The first-order valence-corrected chi connectivity index (χ1v) is 7.64. The minimum absolute atomic E-state index is 0.0795. The molecule has 2 aromatic carbocycles. The highest BCUT2D eigenvalue weighted by Crippen LogP contribution is 2.26. The van der Waals surface area contributed by atoms with Crippen LogP contribution in [0.25, 0.3) is 0 Å². The van der Waals surface area contributed by atoms with Crippen molar-refractivity contribution in [3.63, 3.8) is 0 Å². The van der Waals surface area contributed by atoms with Gasteiger partial charge in [-0.2, -0.15) is 0 Å². The fourth-order valence-corrected chi connectivity index (χ4v) is 3.02. The van der Waals surface area contributed by atoms with Crippen LogP contribution in [0.15, 0.2) is 34.8 Å². The zero-order valence-corrected chi connectivity index (χ0v) is 14.4. The summed E-state index contributed by atoms with van der Waals surface area (Å²) in [6.45, 7) is 0. The van der Waals surface area contributed by atoms with Crippen LogP contribution in [0.2, 0.25) is 5.02 Å². The number of rotatable bonds is 2. The molecule has 0 fully saturated rings. The van der Waals surface area contributed by atoms with Crippen molar-refractivity contribution in [1.82, 2.24) is 0 Å². The molecular formula is C13H8BrClFIN2O. The van der Waals surface area contributed by atoms with Crippen molar-refractivity contribution in [2.24, 2.45) is 0 Å². The number of carbonyl (C=O) groups is 1. The van der Waals surface area contributed by atoms with Crippen molar-refractivity contribution in [2.75, 3.05) is 11.1 Å². The van der Waals surface area contributed by atoms with Crippen LogP contribution < -0.4 is 11.1 Å². The standard InChI is InChI=1S/C13H8BrClFIN2O/c14-8-5-9(16)11(18)4-7(8)13(20)19-12-2-1-6(15)3-10(12)17/h1-5H,18H2,(H,19,20). The van der Waals surface area contributed by atoms with Gasteiger partial charge in [0, 0.05) is 13.1 Å². The molecule has 0 radical (unpaired) electrons. The van der Waals surface area contributed by atoms with Gasteiger partial charge in [-0.1, -0.05) is 11.6 Å². The molecule has 2 rings (SSSR count). The monoisotopic (exact) mass is 468 g/mol. The first-order valence-electron chi connectivity index (χ1n) is 5.39. The first kappa shape index (κ1) is 15.5. The highest BCUT2D eigenvalue weighted by Gasteiger charge is 2.14. The quantitative estimate of drug-likeness (QED) is 0.496. The second-order valence-corrected chi connectivity index (χ2v) is 6.38. The van der Waals surface area contributed by atoms with Crippen molar-refractivity contribution in [3.8, 4) is 0 Å². The van der Waals surface area contributed by atoms with Crippen molar-refractivity contribution < 1.29 is 9.18 Å². The number of halogens is 4. The summed E-state index contributed by atoms with van der Waals surface area (Å²) in [6, 6.07) is 7.55. The summed E-state index contributed by atoms with van der Waals surface area (Å²) in [7, 11) is 0. The highest BCUT2D eigenvalue weighted by molar-refractivity contribution is 14.1. The lowest BCUT2D eigenvalue weighted by Crippen LogP contribution is -2.14. The van der Waals surface area contributed by atoms with E-state index in [0.29, 0.717) is 15.2 Å². The maximum Gasteiger partial charge on any atom is 0.256 e. The molecule has 0 bridgehead atoms. The lowest BCUT2D eigenvalue weighted by Gasteiger charge is -2.10. The van der Waals surface area contributed by atoms with Gasteiger partial charge in [-0.3, -0.25) is 4.79 Å². The van der Waals surface area contributed by atoms with E-state index in [-0.39, 0.29) is 17.2 Å². The molecule has 2 aromatic rings. The Kier molecular flexibility index (Phi) is 4.87. The van der Waals surface area contributed by atoms with Gasteiger partial charge in [-0.25, -0.2) is 4.39 Å². The van der Waals surface area contributed by atoms with Gasteiger partial charge >= 0.3 is 0 Å². The highest BCUT2D eigenvalue weighted by atomic mass is 127. The maximum absolute atomic E-state index is 13.3. The lowest BCUT2D eigenvalue weighted by atomic mass is 10.1. The molecule has 7 heteroatoms. The zero-order chi connectivity index (χ0) is 14.9. The Morgan fingerprint density at radius 2 is 2.05 bits per heavy atom. The Morgan fingerprint density at radius 1 is 1.35 bits per heavy atom.